The molecule has 0 atom stereocenters. The maximum Gasteiger partial charge on any atom is 0.323 e. The summed E-state index contributed by atoms with van der Waals surface area (Å²) >= 11 is 3.36. The van der Waals surface area contributed by atoms with Gasteiger partial charge in [0.15, 0.2) is 10.7 Å². The van der Waals surface area contributed by atoms with E-state index in [1.807, 2.05) is 0 Å². The monoisotopic (exact) mass is 594 g/mol. The molecule has 0 saturated heterocycles. The number of anilines is 3. The molecule has 38 heavy (non-hydrogen) atoms. The highest BCUT2D eigenvalue weighted by Crippen LogP contribution is 2.38. The molecule has 3 N–H and O–H groups in total. The van der Waals surface area contributed by atoms with Crippen LogP contribution in [0.3, 0.4) is 0 Å². The van der Waals surface area contributed by atoms with Crippen LogP contribution in [-0.2, 0) is 10.0 Å². The van der Waals surface area contributed by atoms with Gasteiger partial charge in [0.1, 0.15) is 0 Å². The molecule has 0 saturated carbocycles. The lowest BCUT2D eigenvalue weighted by Gasteiger charge is -2.25. The van der Waals surface area contributed by atoms with Crippen LogP contribution in [0.4, 0.5) is 27.5 Å². The van der Waals surface area contributed by atoms with Gasteiger partial charge in [-0.1, -0.05) is 60.7 Å². The van der Waals surface area contributed by atoms with Crippen molar-refractivity contribution in [3.63, 3.8) is 0 Å². The standard InChI is InChI=1S/C26H19BrN4O6S/c27-19-12-4-6-14-21(19)30(26(28)33)22-15-7-5-13-20(22)29-38(36,37)25-18(11-8-16-23(25)31(34)35)24(32)17-9-2-1-3-10-17/h1-16,29H,(H2,28,33). The predicted molar refractivity (Wildman–Crippen MR) is 146 cm³/mol. The predicted octanol–water partition coefficient (Wildman–Crippen LogP) is 5.61. The number of nitro benzene ring substituents is 1. The minimum atomic E-state index is -4.75. The SMILES string of the molecule is NC(=O)N(c1ccccc1Br)c1ccccc1NS(=O)(=O)c1c(C(=O)c2ccccc2)cccc1[N+](=O)[O-]. The van der Waals surface area contributed by atoms with Gasteiger partial charge < -0.3 is 5.73 Å². The van der Waals surface area contributed by atoms with Crippen molar-refractivity contribution in [3.8, 4) is 0 Å². The molecule has 0 fully saturated rings. The number of sulfonamides is 1. The summed E-state index contributed by atoms with van der Waals surface area (Å²) in [5.41, 5.74) is 4.94. The van der Waals surface area contributed by atoms with Crippen molar-refractivity contribution in [2.45, 2.75) is 4.90 Å². The Hall–Kier alpha value is -4.55. The van der Waals surface area contributed by atoms with Crippen molar-refractivity contribution in [2.75, 3.05) is 9.62 Å². The number of rotatable bonds is 8. The van der Waals surface area contributed by atoms with Crippen LogP contribution in [0.25, 0.3) is 0 Å². The first-order valence-corrected chi connectivity index (χ1v) is 13.2. The topological polar surface area (TPSA) is 153 Å². The van der Waals surface area contributed by atoms with E-state index in [-0.39, 0.29) is 22.5 Å². The van der Waals surface area contributed by atoms with Gasteiger partial charge in [-0.25, -0.2) is 13.2 Å². The third-order valence-electron chi connectivity index (χ3n) is 5.44. The molecular formula is C26H19BrN4O6S. The van der Waals surface area contributed by atoms with E-state index in [1.165, 1.54) is 42.5 Å². The molecule has 4 rings (SSSR count). The second-order valence-electron chi connectivity index (χ2n) is 7.85. The van der Waals surface area contributed by atoms with E-state index in [9.17, 15) is 28.1 Å². The maximum absolute atomic E-state index is 13.7. The summed E-state index contributed by atoms with van der Waals surface area (Å²) in [6, 6.07) is 22.9. The second kappa shape index (κ2) is 10.8. The number of nitrogens with zero attached hydrogens (tertiary/aromatic N) is 2. The molecule has 0 radical (unpaired) electrons. The Kier molecular flexibility index (Phi) is 7.55. The first-order chi connectivity index (χ1) is 18.1. The highest BCUT2D eigenvalue weighted by atomic mass is 79.9. The second-order valence-corrected chi connectivity index (χ2v) is 10.3. The summed E-state index contributed by atoms with van der Waals surface area (Å²) in [5.74, 6) is -0.713. The number of benzene rings is 4. The molecule has 0 aliphatic carbocycles. The van der Waals surface area contributed by atoms with Crippen LogP contribution in [0.2, 0.25) is 0 Å². The average Bonchev–Trinajstić information content (AvgIpc) is 2.90. The molecule has 0 aliphatic rings. The van der Waals surface area contributed by atoms with Crippen LogP contribution in [-0.4, -0.2) is 25.2 Å². The van der Waals surface area contributed by atoms with Gasteiger partial charge in [0.2, 0.25) is 0 Å². The molecule has 4 aromatic carbocycles. The Morgan fingerprint density at radius 1 is 0.842 bits per heavy atom. The number of amides is 2. The van der Waals surface area contributed by atoms with Gasteiger partial charge >= 0.3 is 6.03 Å². The van der Waals surface area contributed by atoms with Crippen molar-refractivity contribution in [1.82, 2.24) is 0 Å². The van der Waals surface area contributed by atoms with Crippen LogP contribution in [0, 0.1) is 10.1 Å². The van der Waals surface area contributed by atoms with Gasteiger partial charge in [-0.3, -0.25) is 24.5 Å². The molecule has 0 unspecified atom stereocenters. The minimum Gasteiger partial charge on any atom is -0.351 e. The molecule has 12 heteroatoms. The molecule has 0 aliphatic heterocycles. The zero-order valence-electron chi connectivity index (χ0n) is 19.4. The number of nitrogens with one attached hydrogen (secondary N) is 1. The lowest BCUT2D eigenvalue weighted by atomic mass is 10.0. The molecular weight excluding hydrogens is 576 g/mol. The number of halogens is 1. The molecule has 0 aromatic heterocycles. The van der Waals surface area contributed by atoms with Gasteiger partial charge in [-0.05, 0) is 46.3 Å². The number of nitrogens with two attached hydrogens (primary N) is 1. The quantitative estimate of drug-likeness (QED) is 0.154. The molecule has 0 heterocycles. The first kappa shape index (κ1) is 26.5. The van der Waals surface area contributed by atoms with E-state index in [4.69, 9.17) is 5.73 Å². The Labute approximate surface area is 226 Å². The van der Waals surface area contributed by atoms with E-state index in [1.54, 1.807) is 48.5 Å². The number of nitro groups is 1. The summed E-state index contributed by atoms with van der Waals surface area (Å²) in [4.78, 5) is 37.0. The summed E-state index contributed by atoms with van der Waals surface area (Å²) in [6.45, 7) is 0. The lowest BCUT2D eigenvalue weighted by Crippen LogP contribution is -2.32. The Bertz CT molecular complexity index is 1660. The molecule has 10 nitrogen and oxygen atoms in total. The zero-order valence-corrected chi connectivity index (χ0v) is 21.8. The first-order valence-electron chi connectivity index (χ1n) is 10.9. The molecule has 0 bridgehead atoms. The number of carbonyl (C=O) groups is 2. The number of urea groups is 1. The third-order valence-corrected chi connectivity index (χ3v) is 7.57. The van der Waals surface area contributed by atoms with Crippen molar-refractivity contribution < 1.29 is 22.9 Å². The zero-order chi connectivity index (χ0) is 27.4. The van der Waals surface area contributed by atoms with Crippen LogP contribution in [0.1, 0.15) is 15.9 Å². The fourth-order valence-corrected chi connectivity index (χ4v) is 5.72. The van der Waals surface area contributed by atoms with Gasteiger partial charge in [0.25, 0.3) is 15.7 Å². The van der Waals surface area contributed by atoms with Crippen molar-refractivity contribution in [3.05, 3.63) is 123 Å². The number of hydrogen-bond acceptors (Lipinski definition) is 6. The van der Waals surface area contributed by atoms with Gasteiger partial charge in [0, 0.05) is 16.1 Å². The number of hydrogen-bond donors (Lipinski definition) is 2. The number of carbonyl (C=O) groups excluding carboxylic acids is 2. The van der Waals surface area contributed by atoms with Gasteiger partial charge in [-0.2, -0.15) is 0 Å². The summed E-state index contributed by atoms with van der Waals surface area (Å²) in [5, 5.41) is 11.8. The van der Waals surface area contributed by atoms with Crippen LogP contribution in [0.5, 0.6) is 0 Å². The van der Waals surface area contributed by atoms with Crippen LogP contribution in [0.15, 0.2) is 106 Å². The normalized spacial score (nSPS) is 11.0. The van der Waals surface area contributed by atoms with E-state index >= 15 is 0 Å². The van der Waals surface area contributed by atoms with Gasteiger partial charge in [-0.15, -0.1) is 0 Å². The molecule has 0 spiro atoms. The van der Waals surface area contributed by atoms with Crippen molar-refractivity contribution in [2.24, 2.45) is 5.73 Å². The van der Waals surface area contributed by atoms with E-state index in [0.717, 1.165) is 11.0 Å². The summed E-state index contributed by atoms with van der Waals surface area (Å²) in [7, 11) is -4.75. The van der Waals surface area contributed by atoms with E-state index in [0.29, 0.717) is 10.2 Å². The number of para-hydroxylation sites is 3. The molecule has 192 valence electrons. The van der Waals surface area contributed by atoms with E-state index < -0.39 is 37.3 Å². The Morgan fingerprint density at radius 3 is 2.08 bits per heavy atom. The minimum absolute atomic E-state index is 0.0602. The highest BCUT2D eigenvalue weighted by molar-refractivity contribution is 9.10. The van der Waals surface area contributed by atoms with E-state index in [2.05, 4.69) is 20.7 Å². The van der Waals surface area contributed by atoms with Crippen LogP contribution >= 0.6 is 15.9 Å². The Morgan fingerprint density at radius 2 is 1.45 bits per heavy atom. The number of primary amides is 1. The molecule has 2 amide bonds. The average molecular weight is 595 g/mol. The summed E-state index contributed by atoms with van der Waals surface area (Å²) < 4.78 is 30.3. The third kappa shape index (κ3) is 5.26. The Balaban J connectivity index is 1.87. The van der Waals surface area contributed by atoms with Crippen molar-refractivity contribution in [1.29, 1.82) is 0 Å². The fourth-order valence-electron chi connectivity index (χ4n) is 3.83. The molecule has 4 aromatic rings. The highest BCUT2D eigenvalue weighted by Gasteiger charge is 2.33. The maximum atomic E-state index is 13.7. The smallest absolute Gasteiger partial charge is 0.323 e. The summed E-state index contributed by atoms with van der Waals surface area (Å²) in [6.07, 6.45) is 0. The van der Waals surface area contributed by atoms with Crippen molar-refractivity contribution >= 4 is 60.5 Å². The number of ketones is 1. The lowest BCUT2D eigenvalue weighted by molar-refractivity contribution is -0.387. The van der Waals surface area contributed by atoms with Crippen LogP contribution < -0.4 is 15.4 Å². The van der Waals surface area contributed by atoms with Gasteiger partial charge in [0.05, 0.1) is 27.5 Å². The largest absolute Gasteiger partial charge is 0.351 e. The fraction of sp³-hybridized carbons (Fsp3) is 0.